The molecular weight excluding hydrogens is 424 g/mol. The Hall–Kier alpha value is -3.18. The zero-order chi connectivity index (χ0) is 24.3. The topological polar surface area (TPSA) is 168 Å². The zero-order valence-corrected chi connectivity index (χ0v) is 17.3. The summed E-state index contributed by atoms with van der Waals surface area (Å²) in [5.41, 5.74) is -0.354. The van der Waals surface area contributed by atoms with Crippen molar-refractivity contribution in [3.05, 3.63) is 60.7 Å². The third-order valence-corrected chi connectivity index (χ3v) is 4.23. The van der Waals surface area contributed by atoms with Crippen molar-refractivity contribution in [3.8, 4) is 0 Å². The zero-order valence-electron chi connectivity index (χ0n) is 17.3. The molecule has 0 saturated heterocycles. The van der Waals surface area contributed by atoms with Crippen molar-refractivity contribution in [3.63, 3.8) is 0 Å². The fourth-order valence-electron chi connectivity index (χ4n) is 2.49. The van der Waals surface area contributed by atoms with Gasteiger partial charge in [-0.25, -0.2) is 9.59 Å². The molecule has 0 amide bonds. The molecule has 174 valence electrons. The van der Waals surface area contributed by atoms with Crippen molar-refractivity contribution in [1.82, 2.24) is 0 Å². The molecule has 0 aliphatic rings. The highest BCUT2D eigenvalue weighted by atomic mass is 16.5. The molecule has 0 aliphatic heterocycles. The standard InChI is InChI=1S/C22H26O10/c1-3-17(25)19(27)9-13(23)11-31-21(29)15-7-5-6-8-16(15)22(30)32-12-14(24)10-20(28)18(26)4-2/h3-8,13-14,19-20,23-24,27-28H,1-2,9-12H2. The Bertz CT molecular complexity index is 778. The van der Waals surface area contributed by atoms with Gasteiger partial charge in [0.25, 0.3) is 0 Å². The van der Waals surface area contributed by atoms with E-state index in [-0.39, 0.29) is 24.0 Å². The van der Waals surface area contributed by atoms with E-state index >= 15 is 0 Å². The second kappa shape index (κ2) is 13.3. The fourth-order valence-corrected chi connectivity index (χ4v) is 2.49. The van der Waals surface area contributed by atoms with Crippen LogP contribution in [0.4, 0.5) is 0 Å². The van der Waals surface area contributed by atoms with Gasteiger partial charge in [-0.2, -0.15) is 0 Å². The van der Waals surface area contributed by atoms with Crippen LogP contribution in [-0.4, -0.2) is 81.6 Å². The molecule has 1 aromatic rings. The second-order valence-corrected chi connectivity index (χ2v) is 6.77. The first-order valence-corrected chi connectivity index (χ1v) is 9.58. The lowest BCUT2D eigenvalue weighted by molar-refractivity contribution is -0.124. The van der Waals surface area contributed by atoms with Gasteiger partial charge in [0.1, 0.15) is 25.4 Å². The first-order chi connectivity index (χ1) is 15.1. The highest BCUT2D eigenvalue weighted by molar-refractivity contribution is 6.03. The van der Waals surface area contributed by atoms with E-state index in [4.69, 9.17) is 9.47 Å². The lowest BCUT2D eigenvalue weighted by atomic mass is 10.1. The highest BCUT2D eigenvalue weighted by Crippen LogP contribution is 2.14. The van der Waals surface area contributed by atoms with Gasteiger partial charge in [-0.3, -0.25) is 9.59 Å². The molecule has 10 heteroatoms. The largest absolute Gasteiger partial charge is 0.459 e. The quantitative estimate of drug-likeness (QED) is 0.219. The molecule has 1 aromatic carbocycles. The van der Waals surface area contributed by atoms with Gasteiger partial charge in [0.05, 0.1) is 23.3 Å². The fraction of sp³-hybridized carbons (Fsp3) is 0.364. The monoisotopic (exact) mass is 450 g/mol. The second-order valence-electron chi connectivity index (χ2n) is 6.77. The van der Waals surface area contributed by atoms with Crippen LogP contribution >= 0.6 is 0 Å². The van der Waals surface area contributed by atoms with Gasteiger partial charge in [-0.15, -0.1) is 0 Å². The smallest absolute Gasteiger partial charge is 0.339 e. The predicted molar refractivity (Wildman–Crippen MR) is 111 cm³/mol. The molecule has 0 bridgehead atoms. The van der Waals surface area contributed by atoms with E-state index in [0.717, 1.165) is 12.2 Å². The first-order valence-electron chi connectivity index (χ1n) is 9.58. The van der Waals surface area contributed by atoms with Crippen LogP contribution in [0.2, 0.25) is 0 Å². The third kappa shape index (κ3) is 8.52. The van der Waals surface area contributed by atoms with Gasteiger partial charge in [0.15, 0.2) is 11.6 Å². The Balaban J connectivity index is 2.68. The van der Waals surface area contributed by atoms with E-state index in [0.29, 0.717) is 0 Å². The molecule has 4 unspecified atom stereocenters. The van der Waals surface area contributed by atoms with E-state index < -0.39 is 61.1 Å². The average Bonchev–Trinajstić information content (AvgIpc) is 2.79. The van der Waals surface area contributed by atoms with Crippen LogP contribution in [0.15, 0.2) is 49.6 Å². The average molecular weight is 450 g/mol. The number of ketones is 2. The summed E-state index contributed by atoms with van der Waals surface area (Å²) in [7, 11) is 0. The lowest BCUT2D eigenvalue weighted by Crippen LogP contribution is -2.29. The third-order valence-electron chi connectivity index (χ3n) is 4.23. The van der Waals surface area contributed by atoms with Gasteiger partial charge in [0.2, 0.25) is 0 Å². The van der Waals surface area contributed by atoms with Gasteiger partial charge in [-0.1, -0.05) is 25.3 Å². The summed E-state index contributed by atoms with van der Waals surface area (Å²) in [4.78, 5) is 47.2. The molecule has 4 N–H and O–H groups in total. The number of rotatable bonds is 14. The highest BCUT2D eigenvalue weighted by Gasteiger charge is 2.23. The van der Waals surface area contributed by atoms with Crippen molar-refractivity contribution >= 4 is 23.5 Å². The van der Waals surface area contributed by atoms with Gasteiger partial charge < -0.3 is 29.9 Å². The number of esters is 2. The summed E-state index contributed by atoms with van der Waals surface area (Å²) < 4.78 is 9.88. The van der Waals surface area contributed by atoms with Crippen molar-refractivity contribution < 1.29 is 49.1 Å². The summed E-state index contributed by atoms with van der Waals surface area (Å²) in [5, 5.41) is 38.7. The van der Waals surface area contributed by atoms with Crippen molar-refractivity contribution in [2.75, 3.05) is 13.2 Å². The maximum absolute atomic E-state index is 12.3. The number of aliphatic hydroxyl groups is 4. The number of hydrogen-bond acceptors (Lipinski definition) is 10. The van der Waals surface area contributed by atoms with Crippen LogP contribution in [-0.2, 0) is 19.1 Å². The lowest BCUT2D eigenvalue weighted by Gasteiger charge is -2.16. The minimum Gasteiger partial charge on any atom is -0.459 e. The Morgan fingerprint density at radius 2 is 1.09 bits per heavy atom. The molecule has 0 radical (unpaired) electrons. The molecule has 4 atom stereocenters. The predicted octanol–water partition coefficient (Wildman–Crippen LogP) is -0.266. The van der Waals surface area contributed by atoms with Crippen molar-refractivity contribution in [1.29, 1.82) is 0 Å². The summed E-state index contributed by atoms with van der Waals surface area (Å²) in [6, 6.07) is 5.49. The summed E-state index contributed by atoms with van der Waals surface area (Å²) in [5.74, 6) is -3.30. The van der Waals surface area contributed by atoms with Crippen molar-refractivity contribution in [2.24, 2.45) is 0 Å². The van der Waals surface area contributed by atoms with Crippen LogP contribution in [0, 0.1) is 0 Å². The number of aliphatic hydroxyl groups excluding tert-OH is 4. The van der Waals surface area contributed by atoms with Crippen molar-refractivity contribution in [2.45, 2.75) is 37.3 Å². The van der Waals surface area contributed by atoms with Crippen LogP contribution in [0.1, 0.15) is 33.6 Å². The SMILES string of the molecule is C=CC(=O)C(O)CC(O)COC(=O)c1ccccc1C(=O)OCC(O)CC(O)C(=O)C=C. The summed E-state index contributed by atoms with van der Waals surface area (Å²) in [6.45, 7) is 5.34. The maximum atomic E-state index is 12.3. The Morgan fingerprint density at radius 1 is 0.750 bits per heavy atom. The molecule has 0 saturated carbocycles. The van der Waals surface area contributed by atoms with Crippen LogP contribution < -0.4 is 0 Å². The van der Waals surface area contributed by atoms with Gasteiger partial charge >= 0.3 is 11.9 Å². The molecule has 0 fully saturated rings. The minimum atomic E-state index is -1.49. The molecule has 1 rings (SSSR count). The van der Waals surface area contributed by atoms with Crippen LogP contribution in [0.5, 0.6) is 0 Å². The van der Waals surface area contributed by atoms with Gasteiger partial charge in [0, 0.05) is 12.8 Å². The summed E-state index contributed by atoms with van der Waals surface area (Å²) in [6.07, 6.45) is -4.60. The van der Waals surface area contributed by atoms with E-state index in [9.17, 15) is 39.6 Å². The molecule has 10 nitrogen and oxygen atoms in total. The number of benzene rings is 1. The molecular formula is C22H26O10. The van der Waals surface area contributed by atoms with E-state index in [1.807, 2.05) is 0 Å². The number of ether oxygens (including phenoxy) is 2. The Labute approximate surface area is 184 Å². The van der Waals surface area contributed by atoms with Crippen LogP contribution in [0.3, 0.4) is 0 Å². The van der Waals surface area contributed by atoms with E-state index in [1.165, 1.54) is 24.3 Å². The Kier molecular flexibility index (Phi) is 11.1. The number of carbonyl (C=O) groups is 4. The first kappa shape index (κ1) is 26.9. The molecule has 0 spiro atoms. The molecule has 32 heavy (non-hydrogen) atoms. The van der Waals surface area contributed by atoms with E-state index in [2.05, 4.69) is 13.2 Å². The molecule has 0 heterocycles. The minimum absolute atomic E-state index is 0.177. The van der Waals surface area contributed by atoms with Gasteiger partial charge in [-0.05, 0) is 24.3 Å². The molecule has 0 aliphatic carbocycles. The normalized spacial score (nSPS) is 14.4. The number of hydrogen-bond donors (Lipinski definition) is 4. The number of carbonyl (C=O) groups excluding carboxylic acids is 4. The Morgan fingerprint density at radius 3 is 1.41 bits per heavy atom. The van der Waals surface area contributed by atoms with E-state index in [1.54, 1.807) is 0 Å². The van der Waals surface area contributed by atoms with Crippen LogP contribution in [0.25, 0.3) is 0 Å². The molecule has 0 aromatic heterocycles. The summed E-state index contributed by atoms with van der Waals surface area (Å²) >= 11 is 0. The maximum Gasteiger partial charge on any atom is 0.339 e.